The summed E-state index contributed by atoms with van der Waals surface area (Å²) in [5.41, 5.74) is 8.15. The van der Waals surface area contributed by atoms with Crippen molar-refractivity contribution in [3.8, 4) is 0 Å². The number of likely N-dealkylation sites (tertiary alicyclic amines) is 1. The van der Waals surface area contributed by atoms with Crippen molar-refractivity contribution in [3.05, 3.63) is 35.4 Å². The normalized spacial score (nSPS) is 21.2. The molecule has 0 bridgehead atoms. The summed E-state index contributed by atoms with van der Waals surface area (Å²) in [6.07, 6.45) is 5.61. The van der Waals surface area contributed by atoms with Gasteiger partial charge in [0.25, 0.3) is 0 Å². The molecule has 1 aromatic rings. The number of benzene rings is 1. The summed E-state index contributed by atoms with van der Waals surface area (Å²) in [5, 5.41) is 3.05. The van der Waals surface area contributed by atoms with Gasteiger partial charge in [-0.2, -0.15) is 0 Å². The second-order valence-electron chi connectivity index (χ2n) is 9.61. The summed E-state index contributed by atoms with van der Waals surface area (Å²) in [6.45, 7) is 9.73. The maximum atomic E-state index is 12.0. The lowest BCUT2D eigenvalue weighted by Crippen LogP contribution is -2.47. The Morgan fingerprint density at radius 1 is 1.14 bits per heavy atom. The number of rotatable bonds is 6. The van der Waals surface area contributed by atoms with E-state index in [0.717, 1.165) is 31.8 Å². The van der Waals surface area contributed by atoms with Crippen LogP contribution in [0.2, 0.25) is 0 Å². The van der Waals surface area contributed by atoms with E-state index in [2.05, 4.69) is 34.5 Å². The molecule has 2 atom stereocenters. The number of carbonyl (C=O) groups excluding carboxylic acids is 1. The van der Waals surface area contributed by atoms with Gasteiger partial charge in [-0.25, -0.2) is 4.79 Å². The third-order valence-corrected chi connectivity index (χ3v) is 5.79. The fourth-order valence-corrected chi connectivity index (χ4v) is 4.02. The highest BCUT2D eigenvalue weighted by Crippen LogP contribution is 2.41. The van der Waals surface area contributed by atoms with E-state index in [-0.39, 0.29) is 18.2 Å². The highest BCUT2D eigenvalue weighted by Gasteiger charge is 2.32. The fourth-order valence-electron chi connectivity index (χ4n) is 4.02. The van der Waals surface area contributed by atoms with Crippen LogP contribution >= 0.6 is 0 Å². The maximum absolute atomic E-state index is 12.0. The summed E-state index contributed by atoms with van der Waals surface area (Å²) in [7, 11) is 0. The zero-order valence-electron chi connectivity index (χ0n) is 17.9. The summed E-state index contributed by atoms with van der Waals surface area (Å²) in [4.78, 5) is 14.7. The molecular formula is C23H37N3O2. The van der Waals surface area contributed by atoms with E-state index in [9.17, 15) is 4.79 Å². The maximum Gasteiger partial charge on any atom is 0.407 e. The van der Waals surface area contributed by atoms with Gasteiger partial charge >= 0.3 is 6.09 Å². The smallest absolute Gasteiger partial charge is 0.407 e. The van der Waals surface area contributed by atoms with Crippen LogP contribution < -0.4 is 11.1 Å². The van der Waals surface area contributed by atoms with Crippen LogP contribution in [0.4, 0.5) is 4.79 Å². The first kappa shape index (κ1) is 21.1. The molecule has 1 aliphatic heterocycles. The predicted molar refractivity (Wildman–Crippen MR) is 113 cm³/mol. The molecular weight excluding hydrogens is 350 g/mol. The number of ether oxygens (including phenoxy) is 1. The van der Waals surface area contributed by atoms with Gasteiger partial charge in [0.05, 0.1) is 0 Å². The molecule has 1 aromatic carbocycles. The van der Waals surface area contributed by atoms with Crippen LogP contribution in [0.15, 0.2) is 24.3 Å². The van der Waals surface area contributed by atoms with Crippen molar-refractivity contribution in [1.82, 2.24) is 10.2 Å². The zero-order chi connectivity index (χ0) is 20.3. The topological polar surface area (TPSA) is 67.6 Å². The minimum absolute atomic E-state index is 0.0746. The summed E-state index contributed by atoms with van der Waals surface area (Å²) < 4.78 is 5.40. The zero-order valence-corrected chi connectivity index (χ0v) is 17.9. The number of carbonyl (C=O) groups is 1. The average Bonchev–Trinajstić information content (AvgIpc) is 3.43. The van der Waals surface area contributed by atoms with Gasteiger partial charge in [-0.3, -0.25) is 4.90 Å². The van der Waals surface area contributed by atoms with Crippen molar-refractivity contribution in [2.24, 2.45) is 11.7 Å². The highest BCUT2D eigenvalue weighted by atomic mass is 16.6. The molecule has 0 aromatic heterocycles. The Morgan fingerprint density at radius 3 is 2.21 bits per heavy atom. The van der Waals surface area contributed by atoms with E-state index in [1.165, 1.54) is 30.4 Å². The number of amides is 1. The second kappa shape index (κ2) is 8.83. The van der Waals surface area contributed by atoms with Gasteiger partial charge in [-0.15, -0.1) is 0 Å². The van der Waals surface area contributed by atoms with Crippen molar-refractivity contribution < 1.29 is 9.53 Å². The minimum Gasteiger partial charge on any atom is -0.444 e. The summed E-state index contributed by atoms with van der Waals surface area (Å²) in [6, 6.07) is 9.62. The Labute approximate surface area is 170 Å². The first-order valence-corrected chi connectivity index (χ1v) is 10.8. The Balaban J connectivity index is 1.58. The Bertz CT molecular complexity index is 639. The molecule has 0 radical (unpaired) electrons. The number of nitrogens with one attached hydrogen (secondary N) is 1. The van der Waals surface area contributed by atoms with E-state index in [0.29, 0.717) is 6.04 Å². The molecule has 2 aliphatic rings. The molecule has 156 valence electrons. The first-order valence-electron chi connectivity index (χ1n) is 10.8. The molecule has 3 N–H and O–H groups in total. The van der Waals surface area contributed by atoms with Crippen LogP contribution in [-0.4, -0.2) is 35.7 Å². The van der Waals surface area contributed by atoms with Crippen LogP contribution in [0.3, 0.4) is 0 Å². The van der Waals surface area contributed by atoms with Gasteiger partial charge in [-0.1, -0.05) is 37.1 Å². The number of piperidine rings is 1. The number of nitrogens with two attached hydrogens (primary N) is 1. The SMILES string of the molecule is C[C@H](N)c1ccc(C(CC2CC2)N2CCC(NC(=O)OC(C)(C)C)CC2)cc1. The van der Waals surface area contributed by atoms with Crippen molar-refractivity contribution in [3.63, 3.8) is 0 Å². The third kappa shape index (κ3) is 6.21. The van der Waals surface area contributed by atoms with Crippen molar-refractivity contribution in [2.75, 3.05) is 13.1 Å². The van der Waals surface area contributed by atoms with Gasteiger partial charge in [0.15, 0.2) is 0 Å². The molecule has 28 heavy (non-hydrogen) atoms. The van der Waals surface area contributed by atoms with Crippen LogP contribution in [0.25, 0.3) is 0 Å². The molecule has 1 saturated heterocycles. The van der Waals surface area contributed by atoms with Crippen molar-refractivity contribution >= 4 is 6.09 Å². The minimum atomic E-state index is -0.451. The Hall–Kier alpha value is -1.59. The monoisotopic (exact) mass is 387 g/mol. The summed E-state index contributed by atoms with van der Waals surface area (Å²) >= 11 is 0. The molecule has 2 fully saturated rings. The van der Waals surface area contributed by atoms with E-state index in [4.69, 9.17) is 10.5 Å². The number of alkyl carbamates (subject to hydrolysis) is 1. The molecule has 1 saturated carbocycles. The molecule has 1 heterocycles. The van der Waals surface area contributed by atoms with E-state index in [1.54, 1.807) is 0 Å². The molecule has 0 spiro atoms. The third-order valence-electron chi connectivity index (χ3n) is 5.79. The van der Waals surface area contributed by atoms with Crippen LogP contribution in [0.1, 0.15) is 83.0 Å². The van der Waals surface area contributed by atoms with Gasteiger partial charge in [0, 0.05) is 31.2 Å². The number of nitrogens with zero attached hydrogens (tertiary/aromatic N) is 1. The molecule has 5 heteroatoms. The van der Waals surface area contributed by atoms with Crippen LogP contribution in [-0.2, 0) is 4.74 Å². The number of hydrogen-bond donors (Lipinski definition) is 2. The lowest BCUT2D eigenvalue weighted by Gasteiger charge is -2.38. The largest absolute Gasteiger partial charge is 0.444 e. The predicted octanol–water partition coefficient (Wildman–Crippen LogP) is 4.54. The lowest BCUT2D eigenvalue weighted by atomic mass is 9.94. The molecule has 1 unspecified atom stereocenters. The van der Waals surface area contributed by atoms with E-state index < -0.39 is 5.60 Å². The molecule has 3 rings (SSSR count). The Morgan fingerprint density at radius 2 is 1.71 bits per heavy atom. The Kier molecular flexibility index (Phi) is 6.66. The first-order chi connectivity index (χ1) is 13.2. The quantitative estimate of drug-likeness (QED) is 0.752. The van der Waals surface area contributed by atoms with E-state index in [1.807, 2.05) is 27.7 Å². The standard InChI is InChI=1S/C23H37N3O2/c1-16(24)18-7-9-19(10-8-18)21(15-17-5-6-17)26-13-11-20(12-14-26)25-22(27)28-23(2,3)4/h7-10,16-17,20-21H,5-6,11-15,24H2,1-4H3,(H,25,27)/t16-,21?/m0/s1. The van der Waals surface area contributed by atoms with Crippen LogP contribution in [0, 0.1) is 5.92 Å². The van der Waals surface area contributed by atoms with Gasteiger partial charge in [0.2, 0.25) is 0 Å². The van der Waals surface area contributed by atoms with Crippen molar-refractivity contribution in [1.29, 1.82) is 0 Å². The molecule has 1 aliphatic carbocycles. The van der Waals surface area contributed by atoms with Gasteiger partial charge < -0.3 is 15.8 Å². The molecule has 5 nitrogen and oxygen atoms in total. The average molecular weight is 388 g/mol. The number of hydrogen-bond acceptors (Lipinski definition) is 4. The van der Waals surface area contributed by atoms with Gasteiger partial charge in [0.1, 0.15) is 5.60 Å². The highest BCUT2D eigenvalue weighted by molar-refractivity contribution is 5.68. The van der Waals surface area contributed by atoms with Crippen LogP contribution in [0.5, 0.6) is 0 Å². The second-order valence-corrected chi connectivity index (χ2v) is 9.61. The van der Waals surface area contributed by atoms with E-state index >= 15 is 0 Å². The van der Waals surface area contributed by atoms with Crippen molar-refractivity contribution in [2.45, 2.75) is 83.5 Å². The van der Waals surface area contributed by atoms with Gasteiger partial charge in [-0.05, 0) is 64.0 Å². The summed E-state index contributed by atoms with van der Waals surface area (Å²) in [5.74, 6) is 0.871. The fraction of sp³-hybridized carbons (Fsp3) is 0.696. The molecule has 1 amide bonds. The lowest BCUT2D eigenvalue weighted by molar-refractivity contribution is 0.0465.